The van der Waals surface area contributed by atoms with Crippen LogP contribution in [0, 0.1) is 12.0 Å². The summed E-state index contributed by atoms with van der Waals surface area (Å²) >= 11 is 0. The Morgan fingerprint density at radius 3 is 2.67 bits per heavy atom. The van der Waals surface area contributed by atoms with Crippen molar-refractivity contribution in [3.05, 3.63) is 6.04 Å². The van der Waals surface area contributed by atoms with Gasteiger partial charge in [0.15, 0.2) is 0 Å². The maximum Gasteiger partial charge on any atom is 0.0508 e. The largest absolute Gasteiger partial charge is 0.326 e. The molecule has 1 rings (SSSR count). The predicted octanol–water partition coefficient (Wildman–Crippen LogP) is 0.624. The van der Waals surface area contributed by atoms with E-state index in [4.69, 9.17) is 11.5 Å². The Hall–Kier alpha value is -0.0800. The lowest BCUT2D eigenvalue weighted by Gasteiger charge is -2.30. The third-order valence-corrected chi connectivity index (χ3v) is 2.17. The Morgan fingerprint density at radius 2 is 2.22 bits per heavy atom. The van der Waals surface area contributed by atoms with E-state index in [1.807, 2.05) is 0 Å². The van der Waals surface area contributed by atoms with Crippen LogP contribution in [-0.4, -0.2) is 6.04 Å². The van der Waals surface area contributed by atoms with Crippen molar-refractivity contribution < 1.29 is 0 Å². The van der Waals surface area contributed by atoms with Gasteiger partial charge in [-0.15, -0.1) is 0 Å². The third-order valence-electron chi connectivity index (χ3n) is 2.17. The van der Waals surface area contributed by atoms with Gasteiger partial charge in [-0.3, -0.25) is 0 Å². The number of rotatable bonds is 0. The van der Waals surface area contributed by atoms with E-state index in [2.05, 4.69) is 6.92 Å². The van der Waals surface area contributed by atoms with Gasteiger partial charge in [0.2, 0.25) is 0 Å². The fourth-order valence-corrected chi connectivity index (χ4v) is 1.34. The van der Waals surface area contributed by atoms with E-state index in [-0.39, 0.29) is 6.04 Å². The lowest BCUT2D eigenvalue weighted by atomic mass is 9.83. The summed E-state index contributed by atoms with van der Waals surface area (Å²) in [5.41, 5.74) is 11.4. The smallest absolute Gasteiger partial charge is 0.0508 e. The number of nitrogens with two attached hydrogens (primary N) is 2. The van der Waals surface area contributed by atoms with E-state index in [1.165, 1.54) is 12.8 Å². The Bertz CT molecular complexity index is 82.9. The average molecular weight is 127 g/mol. The van der Waals surface area contributed by atoms with Crippen LogP contribution in [0.1, 0.15) is 26.2 Å². The van der Waals surface area contributed by atoms with Crippen LogP contribution in [-0.2, 0) is 0 Å². The molecule has 0 bridgehead atoms. The number of hydrogen-bond donors (Lipinski definition) is 2. The van der Waals surface area contributed by atoms with Gasteiger partial charge in [0.05, 0.1) is 6.04 Å². The van der Waals surface area contributed by atoms with E-state index in [1.54, 1.807) is 0 Å². The van der Waals surface area contributed by atoms with Crippen LogP contribution in [0.4, 0.5) is 0 Å². The molecule has 2 nitrogen and oxygen atoms in total. The molecule has 0 aromatic heterocycles. The molecule has 1 fully saturated rings. The molecule has 1 saturated carbocycles. The summed E-state index contributed by atoms with van der Waals surface area (Å²) in [4.78, 5) is 0. The van der Waals surface area contributed by atoms with Crippen LogP contribution < -0.4 is 11.5 Å². The van der Waals surface area contributed by atoms with Crippen molar-refractivity contribution in [2.75, 3.05) is 0 Å². The Balaban J connectivity index is 2.41. The molecule has 2 atom stereocenters. The number of hydrogen-bond acceptors (Lipinski definition) is 2. The molecule has 1 radical (unpaired) electrons. The van der Waals surface area contributed by atoms with E-state index in [0.717, 1.165) is 12.5 Å². The predicted molar refractivity (Wildman–Crippen MR) is 38.4 cm³/mol. The molecule has 2 heteroatoms. The van der Waals surface area contributed by atoms with Crippen molar-refractivity contribution in [3.63, 3.8) is 0 Å². The molecular weight excluding hydrogens is 112 g/mol. The van der Waals surface area contributed by atoms with Crippen molar-refractivity contribution in [1.82, 2.24) is 0 Å². The van der Waals surface area contributed by atoms with Gasteiger partial charge >= 0.3 is 0 Å². The fourth-order valence-electron chi connectivity index (χ4n) is 1.34. The zero-order valence-corrected chi connectivity index (χ0v) is 5.93. The maximum atomic E-state index is 5.76. The molecule has 0 heterocycles. The van der Waals surface area contributed by atoms with Gasteiger partial charge in [-0.2, -0.15) is 0 Å². The summed E-state index contributed by atoms with van der Waals surface area (Å²) in [6.45, 7) is 2.16. The summed E-state index contributed by atoms with van der Waals surface area (Å²) in [6.07, 6.45) is 3.49. The van der Waals surface area contributed by atoms with Crippen LogP contribution in [0.2, 0.25) is 0 Å². The molecule has 0 aromatic carbocycles. The zero-order chi connectivity index (χ0) is 6.85. The van der Waals surface area contributed by atoms with E-state index < -0.39 is 0 Å². The molecule has 0 amide bonds. The Morgan fingerprint density at radius 1 is 1.56 bits per heavy atom. The maximum absolute atomic E-state index is 5.76. The summed E-state index contributed by atoms with van der Waals surface area (Å²) in [7, 11) is 0. The molecule has 0 aromatic rings. The standard InChI is InChI=1S/C7H15N2/c1-5-3-2-4-6(8)7(5)9/h5,7H,2-4,8-9H2,1H3. The van der Waals surface area contributed by atoms with E-state index in [9.17, 15) is 0 Å². The minimum Gasteiger partial charge on any atom is -0.326 e. The van der Waals surface area contributed by atoms with Crippen LogP contribution >= 0.6 is 0 Å². The molecule has 0 aliphatic heterocycles. The first-order valence-electron chi connectivity index (χ1n) is 3.58. The molecule has 53 valence electrons. The van der Waals surface area contributed by atoms with Gasteiger partial charge in [0.1, 0.15) is 0 Å². The second kappa shape index (κ2) is 2.67. The van der Waals surface area contributed by atoms with E-state index in [0.29, 0.717) is 5.92 Å². The summed E-state index contributed by atoms with van der Waals surface area (Å²) in [5, 5.41) is 0. The molecule has 9 heavy (non-hydrogen) atoms. The second-order valence-corrected chi connectivity index (χ2v) is 2.97. The van der Waals surface area contributed by atoms with Crippen molar-refractivity contribution in [2.45, 2.75) is 32.2 Å². The first kappa shape index (κ1) is 7.03. The average Bonchev–Trinajstić information content (AvgIpc) is 1.83. The first-order valence-corrected chi connectivity index (χ1v) is 3.58. The monoisotopic (exact) mass is 127 g/mol. The third kappa shape index (κ3) is 1.43. The molecule has 2 unspecified atom stereocenters. The highest BCUT2D eigenvalue weighted by atomic mass is 14.8. The molecule has 4 N–H and O–H groups in total. The SMILES string of the molecule is CC1CCC[C](N)C1N. The normalized spacial score (nSPS) is 39.0. The van der Waals surface area contributed by atoms with Gasteiger partial charge in [0, 0.05) is 6.04 Å². The topological polar surface area (TPSA) is 52.0 Å². The fraction of sp³-hybridized carbons (Fsp3) is 0.857. The van der Waals surface area contributed by atoms with Crippen molar-refractivity contribution in [2.24, 2.45) is 17.4 Å². The summed E-state index contributed by atoms with van der Waals surface area (Å²) in [6, 6.07) is 1.16. The van der Waals surface area contributed by atoms with Gasteiger partial charge < -0.3 is 11.5 Å². The lowest BCUT2D eigenvalue weighted by Crippen LogP contribution is -2.42. The Kier molecular flexibility index (Phi) is 2.09. The minimum atomic E-state index is 0.166. The molecule has 1 aliphatic rings. The summed E-state index contributed by atoms with van der Waals surface area (Å²) in [5.74, 6) is 0.596. The quantitative estimate of drug-likeness (QED) is 0.501. The van der Waals surface area contributed by atoms with Crippen LogP contribution in [0.15, 0.2) is 0 Å². The van der Waals surface area contributed by atoms with Crippen molar-refractivity contribution in [3.8, 4) is 0 Å². The van der Waals surface area contributed by atoms with Gasteiger partial charge in [0.25, 0.3) is 0 Å². The highest BCUT2D eigenvalue weighted by Crippen LogP contribution is 2.25. The van der Waals surface area contributed by atoms with Gasteiger partial charge in [-0.25, -0.2) is 0 Å². The van der Waals surface area contributed by atoms with Crippen LogP contribution in [0.25, 0.3) is 0 Å². The lowest BCUT2D eigenvalue weighted by molar-refractivity contribution is 0.354. The highest BCUT2D eigenvalue weighted by molar-refractivity contribution is 4.99. The van der Waals surface area contributed by atoms with Gasteiger partial charge in [-0.05, 0) is 18.8 Å². The first-order chi connectivity index (χ1) is 4.22. The molecule has 0 saturated heterocycles. The van der Waals surface area contributed by atoms with Crippen molar-refractivity contribution in [1.29, 1.82) is 0 Å². The zero-order valence-electron chi connectivity index (χ0n) is 5.93. The van der Waals surface area contributed by atoms with Crippen molar-refractivity contribution >= 4 is 0 Å². The second-order valence-electron chi connectivity index (χ2n) is 2.97. The molecular formula is C7H15N2. The summed E-state index contributed by atoms with van der Waals surface area (Å²) < 4.78 is 0. The van der Waals surface area contributed by atoms with Crippen LogP contribution in [0.3, 0.4) is 0 Å². The minimum absolute atomic E-state index is 0.166. The van der Waals surface area contributed by atoms with E-state index >= 15 is 0 Å². The van der Waals surface area contributed by atoms with Crippen LogP contribution in [0.5, 0.6) is 0 Å². The van der Waals surface area contributed by atoms with Gasteiger partial charge in [-0.1, -0.05) is 13.3 Å². The molecule has 0 spiro atoms. The highest BCUT2D eigenvalue weighted by Gasteiger charge is 2.24. The molecule has 1 aliphatic carbocycles. The Labute approximate surface area is 56.6 Å².